The van der Waals surface area contributed by atoms with E-state index in [1.807, 2.05) is 54.8 Å². The molecule has 0 bridgehead atoms. The van der Waals surface area contributed by atoms with Crippen molar-refractivity contribution in [3.63, 3.8) is 0 Å². The summed E-state index contributed by atoms with van der Waals surface area (Å²) >= 11 is 0. The Morgan fingerprint density at radius 3 is 2.19 bits per heavy atom. The van der Waals surface area contributed by atoms with Gasteiger partial charge in [0.1, 0.15) is 29.3 Å². The number of primary amides is 2. The molecule has 272 valence electrons. The van der Waals surface area contributed by atoms with Crippen molar-refractivity contribution in [3.05, 3.63) is 101 Å². The lowest BCUT2D eigenvalue weighted by Gasteiger charge is -2.12. The molecule has 0 unspecified atom stereocenters. The Morgan fingerprint density at radius 2 is 1.54 bits per heavy atom. The van der Waals surface area contributed by atoms with Crippen LogP contribution in [-0.4, -0.2) is 53.7 Å². The molecule has 0 aliphatic rings. The van der Waals surface area contributed by atoms with Crippen LogP contribution in [-0.2, 0) is 26.2 Å². The van der Waals surface area contributed by atoms with E-state index in [2.05, 4.69) is 20.4 Å². The lowest BCUT2D eigenvalue weighted by Crippen LogP contribution is -2.19. The predicted octanol–water partition coefficient (Wildman–Crippen LogP) is 4.94. The maximum Gasteiger partial charge on any atom is 0.276 e. The molecule has 6 aromatic rings. The van der Waals surface area contributed by atoms with Gasteiger partial charge in [0.2, 0.25) is 23.7 Å². The van der Waals surface area contributed by atoms with Crippen LogP contribution in [0, 0.1) is 6.92 Å². The zero-order valence-corrected chi connectivity index (χ0v) is 32.0. The molecule has 3 aromatic heterocycles. The number of imidazole rings is 2. The monoisotopic (exact) mass is 836 g/mol. The van der Waals surface area contributed by atoms with Crippen LogP contribution in [0.4, 0.5) is 11.9 Å². The van der Waals surface area contributed by atoms with Gasteiger partial charge < -0.3 is 35.8 Å². The van der Waals surface area contributed by atoms with Crippen LogP contribution >= 0.6 is 34.0 Å². The molecule has 0 aliphatic carbocycles. The number of allylic oxidation sites excluding steroid dienone is 2. The molecule has 0 saturated carbocycles. The first-order valence-electron chi connectivity index (χ1n) is 15.7. The number of ether oxygens (including phenoxy) is 2. The van der Waals surface area contributed by atoms with E-state index < -0.39 is 11.8 Å². The number of nitrogens with zero attached hydrogens (tertiary/aromatic N) is 6. The van der Waals surface area contributed by atoms with E-state index >= 15 is 0 Å². The summed E-state index contributed by atoms with van der Waals surface area (Å²) in [7, 11) is 1.60. The molecule has 3 heterocycles. The summed E-state index contributed by atoms with van der Waals surface area (Å²) in [5.41, 5.74) is 22.2. The third-order valence-corrected chi connectivity index (χ3v) is 8.11. The zero-order valence-electron chi connectivity index (χ0n) is 28.5. The summed E-state index contributed by atoms with van der Waals surface area (Å²) in [4.78, 5) is 46.4. The van der Waals surface area contributed by atoms with Gasteiger partial charge in [-0.2, -0.15) is 5.10 Å². The molecule has 0 spiro atoms. The number of methoxy groups -OCH3 is 1. The molecule has 3 aromatic carbocycles. The van der Waals surface area contributed by atoms with Crippen LogP contribution in [0.15, 0.2) is 72.8 Å². The number of carbonyl (C=O) groups excluding carboxylic acids is 3. The Balaban J connectivity index is 0.00000302. The number of aromatic nitrogens is 6. The van der Waals surface area contributed by atoms with Crippen molar-refractivity contribution in [3.8, 4) is 11.5 Å². The minimum Gasteiger partial charge on any atom is -0.497 e. The summed E-state index contributed by atoms with van der Waals surface area (Å²) in [5, 5.41) is 7.27. The van der Waals surface area contributed by atoms with Crippen LogP contribution in [0.25, 0.3) is 22.1 Å². The highest BCUT2D eigenvalue weighted by Crippen LogP contribution is 2.31. The SMILES string of the molecule is Br.Br.CCn1nc(C)cc1C(=O)Nc1nc2cc(C(N)=O)ccc2n1CC=CCn1c(N)nc2cc(C(N)=O)cc(OCc3ccc(OC)cc3)c21. The van der Waals surface area contributed by atoms with E-state index in [9.17, 15) is 14.4 Å². The highest BCUT2D eigenvalue weighted by Gasteiger charge is 2.20. The molecule has 0 atom stereocenters. The minimum atomic E-state index is -0.623. The van der Waals surface area contributed by atoms with E-state index in [0.29, 0.717) is 64.4 Å². The van der Waals surface area contributed by atoms with Crippen molar-refractivity contribution in [2.45, 2.75) is 40.1 Å². The summed E-state index contributed by atoms with van der Waals surface area (Å²) in [6.07, 6.45) is 3.78. The number of carbonyl (C=O) groups is 3. The number of hydrogen-bond donors (Lipinski definition) is 4. The maximum absolute atomic E-state index is 13.3. The number of rotatable bonds is 13. The van der Waals surface area contributed by atoms with Gasteiger partial charge in [-0.25, -0.2) is 9.97 Å². The normalized spacial score (nSPS) is 11.0. The first-order chi connectivity index (χ1) is 24.1. The van der Waals surface area contributed by atoms with E-state index in [-0.39, 0.29) is 63.9 Å². The van der Waals surface area contributed by atoms with Crippen LogP contribution in [0.5, 0.6) is 11.5 Å². The molecule has 6 rings (SSSR count). The number of amides is 3. The molecule has 0 radical (unpaired) electrons. The number of fused-ring (bicyclic) bond motifs is 2. The minimum absolute atomic E-state index is 0. The topological polar surface area (TPSA) is 213 Å². The zero-order chi connectivity index (χ0) is 35.5. The van der Waals surface area contributed by atoms with E-state index in [0.717, 1.165) is 11.3 Å². The molecular formula is C35H38Br2N10O5. The van der Waals surface area contributed by atoms with E-state index in [4.69, 9.17) is 26.7 Å². The smallest absolute Gasteiger partial charge is 0.276 e. The van der Waals surface area contributed by atoms with Crippen molar-refractivity contribution in [1.82, 2.24) is 28.9 Å². The number of benzene rings is 3. The van der Waals surface area contributed by atoms with Crippen LogP contribution in [0.2, 0.25) is 0 Å². The summed E-state index contributed by atoms with van der Waals surface area (Å²) in [6.45, 7) is 5.04. The van der Waals surface area contributed by atoms with Crippen LogP contribution < -0.4 is 32.0 Å². The van der Waals surface area contributed by atoms with Crippen LogP contribution in [0.3, 0.4) is 0 Å². The Morgan fingerprint density at radius 1 is 0.865 bits per heavy atom. The quantitative estimate of drug-likeness (QED) is 0.116. The fourth-order valence-corrected chi connectivity index (χ4v) is 5.63. The standard InChI is InChI=1S/C35H36N10O5.2BrH/c1-4-45-28(15-20(2)42-45)33(48)41-35-40-25-16-22(31(36)46)9-12-27(25)43(35)13-5-6-14-44-30-26(39-34(44)38)17-23(32(37)47)18-29(30)50-19-21-7-10-24(49-3)11-8-21;;/h5-12,15-18H,4,13-14,19H2,1-3H3,(H2,36,46)(H2,37,47)(H2,38,39)(H,40,41,48);2*1H. The van der Waals surface area contributed by atoms with Gasteiger partial charge in [-0.05, 0) is 67.9 Å². The summed E-state index contributed by atoms with van der Waals surface area (Å²) < 4.78 is 16.6. The lowest BCUT2D eigenvalue weighted by molar-refractivity contribution is 0.0992. The Hall–Kier alpha value is -5.68. The Bertz CT molecular complexity index is 2290. The van der Waals surface area contributed by atoms with Gasteiger partial charge in [0.25, 0.3) is 5.91 Å². The second-order valence-electron chi connectivity index (χ2n) is 11.4. The van der Waals surface area contributed by atoms with Gasteiger partial charge in [0.15, 0.2) is 0 Å². The number of halogens is 2. The van der Waals surface area contributed by atoms with Gasteiger partial charge in [0, 0.05) is 30.8 Å². The fraction of sp³-hybridized carbons (Fsp3) is 0.200. The van der Waals surface area contributed by atoms with Crippen molar-refractivity contribution < 1.29 is 23.9 Å². The average Bonchev–Trinajstić information content (AvgIpc) is 3.76. The third kappa shape index (κ3) is 8.10. The first-order valence-corrected chi connectivity index (χ1v) is 15.7. The number of hydrogen-bond acceptors (Lipinski definition) is 9. The predicted molar refractivity (Wildman–Crippen MR) is 209 cm³/mol. The maximum atomic E-state index is 13.3. The summed E-state index contributed by atoms with van der Waals surface area (Å²) in [5.74, 6) is 0.0103. The van der Waals surface area contributed by atoms with E-state index in [1.54, 1.807) is 52.8 Å². The first kappa shape index (κ1) is 39.1. The number of aryl methyl sites for hydroxylation is 2. The lowest BCUT2D eigenvalue weighted by atomic mass is 10.1. The van der Waals surface area contributed by atoms with Crippen molar-refractivity contribution in [1.29, 1.82) is 0 Å². The largest absolute Gasteiger partial charge is 0.497 e. The van der Waals surface area contributed by atoms with Gasteiger partial charge in [0.05, 0.1) is 29.4 Å². The number of nitrogen functional groups attached to an aromatic ring is 1. The Kier molecular flexibility index (Phi) is 12.5. The van der Waals surface area contributed by atoms with Gasteiger partial charge in [-0.15, -0.1) is 34.0 Å². The average molecular weight is 839 g/mol. The van der Waals surface area contributed by atoms with Crippen molar-refractivity contribution in [2.75, 3.05) is 18.2 Å². The number of nitrogens with one attached hydrogen (secondary N) is 1. The second-order valence-corrected chi connectivity index (χ2v) is 11.4. The molecule has 17 heteroatoms. The molecule has 3 amide bonds. The van der Waals surface area contributed by atoms with Crippen LogP contribution in [0.1, 0.15) is 49.4 Å². The highest BCUT2D eigenvalue weighted by molar-refractivity contribution is 8.93. The molecule has 0 aliphatic heterocycles. The Labute approximate surface area is 319 Å². The summed E-state index contributed by atoms with van der Waals surface area (Å²) in [6, 6.07) is 17.2. The fourth-order valence-electron chi connectivity index (χ4n) is 5.63. The molecule has 0 fully saturated rings. The van der Waals surface area contributed by atoms with Gasteiger partial charge >= 0.3 is 0 Å². The van der Waals surface area contributed by atoms with Crippen molar-refractivity contribution >= 4 is 85.6 Å². The molecule has 7 N–H and O–H groups in total. The molecular weight excluding hydrogens is 800 g/mol. The molecule has 52 heavy (non-hydrogen) atoms. The van der Waals surface area contributed by atoms with Gasteiger partial charge in [-0.3, -0.25) is 24.4 Å². The highest BCUT2D eigenvalue weighted by atomic mass is 79.9. The number of nitrogens with two attached hydrogens (primary N) is 3. The van der Waals surface area contributed by atoms with Gasteiger partial charge in [-0.1, -0.05) is 24.3 Å². The number of anilines is 2. The third-order valence-electron chi connectivity index (χ3n) is 8.11. The molecule has 15 nitrogen and oxygen atoms in total. The second kappa shape index (κ2) is 16.6. The van der Waals surface area contributed by atoms with E-state index in [1.165, 1.54) is 0 Å². The molecule has 0 saturated heterocycles. The van der Waals surface area contributed by atoms with Crippen molar-refractivity contribution in [2.24, 2.45) is 11.5 Å².